The van der Waals surface area contributed by atoms with E-state index in [1.807, 2.05) is 17.0 Å². The molecule has 0 unspecified atom stereocenters. The van der Waals surface area contributed by atoms with Crippen LogP contribution >= 0.6 is 0 Å². The molecule has 5 heteroatoms. The van der Waals surface area contributed by atoms with Gasteiger partial charge in [0.1, 0.15) is 18.5 Å². The number of hydrogen-bond acceptors (Lipinski definition) is 2. The van der Waals surface area contributed by atoms with Gasteiger partial charge in [0.25, 0.3) is 5.91 Å². The van der Waals surface area contributed by atoms with Crippen LogP contribution in [-0.2, 0) is 16.1 Å². The number of nitrogens with zero attached hydrogens (tertiary/aromatic N) is 1. The van der Waals surface area contributed by atoms with Crippen LogP contribution in [0.5, 0.6) is 0 Å². The average molecular weight is 293 g/mol. The zero-order valence-corrected chi connectivity index (χ0v) is 12.2. The summed E-state index contributed by atoms with van der Waals surface area (Å²) in [6.45, 7) is 5.06. The summed E-state index contributed by atoms with van der Waals surface area (Å²) in [6.07, 6.45) is 1.65. The lowest BCUT2D eigenvalue weighted by Gasteiger charge is -2.33. The number of nitrogens with one attached hydrogen (secondary N) is 1. The monoisotopic (exact) mass is 293 g/mol. The van der Waals surface area contributed by atoms with E-state index in [2.05, 4.69) is 0 Å². The third-order valence-electron chi connectivity index (χ3n) is 4.35. The van der Waals surface area contributed by atoms with Crippen molar-refractivity contribution in [1.82, 2.24) is 4.90 Å². The van der Waals surface area contributed by atoms with Gasteiger partial charge in [-0.15, -0.1) is 0 Å². The fraction of sp³-hybridized carbons (Fsp3) is 0.562. The van der Waals surface area contributed by atoms with E-state index in [0.29, 0.717) is 6.61 Å². The quantitative estimate of drug-likeness (QED) is 0.866. The van der Waals surface area contributed by atoms with Crippen molar-refractivity contribution in [1.29, 1.82) is 0 Å². The molecule has 2 aliphatic heterocycles. The summed E-state index contributed by atoms with van der Waals surface area (Å²) < 4.78 is 18.4. The first kappa shape index (κ1) is 14.5. The lowest BCUT2D eigenvalue weighted by atomic mass is 10.1. The Kier molecular flexibility index (Phi) is 4.51. The van der Waals surface area contributed by atoms with E-state index in [1.165, 1.54) is 17.0 Å². The molecule has 0 bridgehead atoms. The molecule has 0 saturated carbocycles. The number of carbonyl (C=O) groups excluding carboxylic acids is 1. The van der Waals surface area contributed by atoms with Crippen LogP contribution in [0.1, 0.15) is 18.4 Å². The number of hydrogen-bond donors (Lipinski definition) is 1. The highest BCUT2D eigenvalue weighted by atomic mass is 19.1. The van der Waals surface area contributed by atoms with E-state index in [1.54, 1.807) is 0 Å². The Labute approximate surface area is 124 Å². The highest BCUT2D eigenvalue weighted by Gasteiger charge is 2.31. The van der Waals surface area contributed by atoms with E-state index in [9.17, 15) is 9.18 Å². The number of rotatable bonds is 3. The third-order valence-corrected chi connectivity index (χ3v) is 4.35. The van der Waals surface area contributed by atoms with Crippen molar-refractivity contribution in [3.63, 3.8) is 0 Å². The maximum Gasteiger partial charge on any atom is 0.252 e. The van der Waals surface area contributed by atoms with Crippen molar-refractivity contribution in [3.8, 4) is 0 Å². The lowest BCUT2D eigenvalue weighted by molar-refractivity contribution is -0.917. The number of carbonyl (C=O) groups is 1. The highest BCUT2D eigenvalue weighted by Crippen LogP contribution is 2.14. The van der Waals surface area contributed by atoms with E-state index in [4.69, 9.17) is 4.74 Å². The molecule has 0 aromatic heterocycles. The molecule has 2 fully saturated rings. The van der Waals surface area contributed by atoms with Gasteiger partial charge in [0, 0.05) is 12.2 Å². The molecule has 4 nitrogen and oxygen atoms in total. The summed E-state index contributed by atoms with van der Waals surface area (Å²) >= 11 is 0. The molecule has 1 aromatic rings. The second kappa shape index (κ2) is 6.54. The minimum atomic E-state index is -0.205. The summed E-state index contributed by atoms with van der Waals surface area (Å²) in [5.74, 6) is -0.0333. The highest BCUT2D eigenvalue weighted by molar-refractivity contribution is 5.81. The summed E-state index contributed by atoms with van der Waals surface area (Å²) in [7, 11) is 0. The lowest BCUT2D eigenvalue weighted by Crippen LogP contribution is -3.13. The predicted octanol–water partition coefficient (Wildman–Crippen LogP) is 0.232. The first-order chi connectivity index (χ1) is 10.2. The molecule has 1 amide bonds. The van der Waals surface area contributed by atoms with Gasteiger partial charge in [-0.3, -0.25) is 4.79 Å². The van der Waals surface area contributed by atoms with Gasteiger partial charge >= 0.3 is 0 Å². The fourth-order valence-electron chi connectivity index (χ4n) is 3.09. The van der Waals surface area contributed by atoms with Crippen LogP contribution in [0.4, 0.5) is 4.39 Å². The molecule has 21 heavy (non-hydrogen) atoms. The van der Waals surface area contributed by atoms with Crippen molar-refractivity contribution in [2.24, 2.45) is 0 Å². The van der Waals surface area contributed by atoms with Gasteiger partial charge in [-0.2, -0.15) is 0 Å². The molecule has 3 rings (SSSR count). The first-order valence-electron chi connectivity index (χ1n) is 7.71. The number of quaternary nitrogens is 1. The molecular weight excluding hydrogens is 271 g/mol. The Morgan fingerprint density at radius 1 is 1.29 bits per heavy atom. The van der Waals surface area contributed by atoms with Gasteiger partial charge in [-0.1, -0.05) is 12.1 Å². The first-order valence-corrected chi connectivity index (χ1v) is 7.71. The Morgan fingerprint density at radius 3 is 2.62 bits per heavy atom. The SMILES string of the molecule is O=C([C@H]1CCCO1)N1CC[NH+](Cc2ccc(F)cc2)CC1. The van der Waals surface area contributed by atoms with Crippen LogP contribution in [0.2, 0.25) is 0 Å². The van der Waals surface area contributed by atoms with Crippen molar-refractivity contribution >= 4 is 5.91 Å². The van der Waals surface area contributed by atoms with Crippen LogP contribution < -0.4 is 4.90 Å². The minimum Gasteiger partial charge on any atom is -0.368 e. The largest absolute Gasteiger partial charge is 0.368 e. The van der Waals surface area contributed by atoms with Crippen LogP contribution in [-0.4, -0.2) is 49.7 Å². The second-order valence-electron chi connectivity index (χ2n) is 5.88. The van der Waals surface area contributed by atoms with Gasteiger partial charge < -0.3 is 14.5 Å². The van der Waals surface area contributed by atoms with Crippen molar-refractivity contribution in [3.05, 3.63) is 35.6 Å². The van der Waals surface area contributed by atoms with Crippen molar-refractivity contribution in [2.45, 2.75) is 25.5 Å². The Hall–Kier alpha value is -1.46. The van der Waals surface area contributed by atoms with Crippen LogP contribution in [0, 0.1) is 5.82 Å². The molecule has 114 valence electrons. The van der Waals surface area contributed by atoms with E-state index < -0.39 is 0 Å². The zero-order valence-electron chi connectivity index (χ0n) is 12.2. The van der Waals surface area contributed by atoms with E-state index in [0.717, 1.165) is 51.1 Å². The second-order valence-corrected chi connectivity index (χ2v) is 5.88. The summed E-state index contributed by atoms with van der Waals surface area (Å²) in [6, 6.07) is 6.69. The standard InChI is InChI=1S/C16H21FN2O2/c17-14-5-3-13(4-6-14)12-18-7-9-19(10-8-18)16(20)15-2-1-11-21-15/h3-6,15H,1-2,7-12H2/p+1/t15-/m1/s1. The van der Waals surface area contributed by atoms with Gasteiger partial charge in [0.15, 0.2) is 0 Å². The molecule has 2 heterocycles. The Bertz CT molecular complexity index is 478. The maximum atomic E-state index is 12.9. The average Bonchev–Trinajstić information content (AvgIpc) is 3.04. The van der Waals surface area contributed by atoms with Gasteiger partial charge in [0.2, 0.25) is 0 Å². The topological polar surface area (TPSA) is 34.0 Å². The number of piperazine rings is 1. The number of ether oxygens (including phenoxy) is 1. The number of halogens is 1. The summed E-state index contributed by atoms with van der Waals surface area (Å²) in [5, 5.41) is 0. The Morgan fingerprint density at radius 2 is 2.00 bits per heavy atom. The maximum absolute atomic E-state index is 12.9. The van der Waals surface area contributed by atoms with E-state index >= 15 is 0 Å². The number of amides is 1. The smallest absolute Gasteiger partial charge is 0.252 e. The molecule has 1 N–H and O–H groups in total. The molecule has 2 aliphatic rings. The summed E-state index contributed by atoms with van der Waals surface area (Å²) in [5.41, 5.74) is 1.14. The van der Waals surface area contributed by atoms with Crippen LogP contribution in [0.15, 0.2) is 24.3 Å². The predicted molar refractivity (Wildman–Crippen MR) is 76.4 cm³/mol. The zero-order chi connectivity index (χ0) is 14.7. The fourth-order valence-corrected chi connectivity index (χ4v) is 3.09. The van der Waals surface area contributed by atoms with Gasteiger partial charge in [0.05, 0.1) is 26.2 Å². The van der Waals surface area contributed by atoms with E-state index in [-0.39, 0.29) is 17.8 Å². The molecule has 1 atom stereocenters. The molecule has 0 aliphatic carbocycles. The van der Waals surface area contributed by atoms with Gasteiger partial charge in [-0.05, 0) is 25.0 Å². The summed E-state index contributed by atoms with van der Waals surface area (Å²) in [4.78, 5) is 15.6. The molecular formula is C16H22FN2O2+. The Balaban J connectivity index is 1.48. The van der Waals surface area contributed by atoms with Gasteiger partial charge in [-0.25, -0.2) is 4.39 Å². The molecule has 0 radical (unpaired) electrons. The minimum absolute atomic E-state index is 0.160. The van der Waals surface area contributed by atoms with Crippen molar-refractivity contribution in [2.75, 3.05) is 32.8 Å². The van der Waals surface area contributed by atoms with Crippen LogP contribution in [0.25, 0.3) is 0 Å². The molecule has 2 saturated heterocycles. The van der Waals surface area contributed by atoms with Crippen LogP contribution in [0.3, 0.4) is 0 Å². The third kappa shape index (κ3) is 3.60. The number of benzene rings is 1. The molecule has 1 aromatic carbocycles. The van der Waals surface area contributed by atoms with Crippen molar-refractivity contribution < 1.29 is 18.8 Å². The molecule has 0 spiro atoms. The normalized spacial score (nSPS) is 23.5.